The number of ether oxygens (including phenoxy) is 1. The van der Waals surface area contributed by atoms with Crippen molar-refractivity contribution >= 4 is 23.4 Å². The van der Waals surface area contributed by atoms with Crippen LogP contribution in [0.5, 0.6) is 5.75 Å². The van der Waals surface area contributed by atoms with Gasteiger partial charge in [-0.1, -0.05) is 37.7 Å². The molecule has 0 aliphatic carbocycles. The van der Waals surface area contributed by atoms with E-state index in [1.165, 1.54) is 17.3 Å². The molecule has 1 aromatic heterocycles. The van der Waals surface area contributed by atoms with E-state index in [2.05, 4.69) is 46.8 Å². The van der Waals surface area contributed by atoms with Gasteiger partial charge in [0.25, 0.3) is 0 Å². The number of rotatable bonds is 7. The Balaban J connectivity index is 1.68. The van der Waals surface area contributed by atoms with Crippen molar-refractivity contribution in [2.75, 3.05) is 12.4 Å². The van der Waals surface area contributed by atoms with Gasteiger partial charge in [-0.15, -0.1) is 5.10 Å². The largest absolute Gasteiger partial charge is 0.497 e. The third kappa shape index (κ3) is 4.69. The zero-order valence-electron chi connectivity index (χ0n) is 16.3. The number of hydrogen-bond donors (Lipinski definition) is 1. The molecule has 0 radical (unpaired) electrons. The molecule has 1 unspecified atom stereocenters. The first-order valence-corrected chi connectivity index (χ1v) is 9.86. The van der Waals surface area contributed by atoms with E-state index in [4.69, 9.17) is 4.74 Å². The molecule has 0 fully saturated rings. The Bertz CT molecular complexity index is 923. The first kappa shape index (κ1) is 19.9. The van der Waals surface area contributed by atoms with E-state index >= 15 is 0 Å². The second kappa shape index (κ2) is 8.88. The Labute approximate surface area is 168 Å². The lowest BCUT2D eigenvalue weighted by Crippen LogP contribution is -2.22. The van der Waals surface area contributed by atoms with Gasteiger partial charge < -0.3 is 10.1 Å². The molecule has 8 heteroatoms. The van der Waals surface area contributed by atoms with Crippen LogP contribution in [-0.4, -0.2) is 38.5 Å². The molecule has 28 heavy (non-hydrogen) atoms. The number of aromatic nitrogens is 4. The van der Waals surface area contributed by atoms with Crippen LogP contribution in [0, 0.1) is 0 Å². The molecule has 0 aliphatic heterocycles. The highest BCUT2D eigenvalue weighted by atomic mass is 32.2. The molecule has 1 N–H and O–H groups in total. The van der Waals surface area contributed by atoms with Crippen molar-refractivity contribution < 1.29 is 9.53 Å². The summed E-state index contributed by atoms with van der Waals surface area (Å²) in [5.41, 5.74) is 2.82. The number of benzene rings is 2. The molecule has 0 spiro atoms. The molecule has 1 atom stereocenters. The van der Waals surface area contributed by atoms with Gasteiger partial charge in [-0.2, -0.15) is 4.68 Å². The van der Waals surface area contributed by atoms with Gasteiger partial charge >= 0.3 is 0 Å². The molecule has 1 amide bonds. The van der Waals surface area contributed by atoms with Crippen molar-refractivity contribution in [3.05, 3.63) is 54.1 Å². The summed E-state index contributed by atoms with van der Waals surface area (Å²) >= 11 is 1.31. The summed E-state index contributed by atoms with van der Waals surface area (Å²) < 4.78 is 6.77. The average Bonchev–Trinajstić information content (AvgIpc) is 3.16. The number of methoxy groups -OCH3 is 1. The number of amides is 1. The zero-order chi connectivity index (χ0) is 20.1. The van der Waals surface area contributed by atoms with Crippen LogP contribution in [0.3, 0.4) is 0 Å². The van der Waals surface area contributed by atoms with Crippen LogP contribution < -0.4 is 10.1 Å². The van der Waals surface area contributed by atoms with Crippen LogP contribution in [-0.2, 0) is 4.79 Å². The van der Waals surface area contributed by atoms with Crippen molar-refractivity contribution in [3.8, 4) is 11.4 Å². The maximum absolute atomic E-state index is 12.5. The summed E-state index contributed by atoms with van der Waals surface area (Å²) in [4.78, 5) is 12.5. The second-order valence-corrected chi connectivity index (χ2v) is 7.91. The van der Waals surface area contributed by atoms with Crippen molar-refractivity contribution in [3.63, 3.8) is 0 Å². The van der Waals surface area contributed by atoms with Gasteiger partial charge in [0.15, 0.2) is 0 Å². The van der Waals surface area contributed by atoms with Crippen LogP contribution in [0.15, 0.2) is 53.7 Å². The number of tetrazole rings is 1. The minimum Gasteiger partial charge on any atom is -0.497 e. The summed E-state index contributed by atoms with van der Waals surface area (Å²) in [5, 5.41) is 15.0. The molecule has 1 heterocycles. The van der Waals surface area contributed by atoms with Gasteiger partial charge in [0.05, 0.1) is 18.0 Å². The molecule has 0 aliphatic rings. The predicted octanol–water partition coefficient (Wildman–Crippen LogP) is 3.91. The number of carbonyl (C=O) groups is 1. The molecular formula is C20H23N5O2S. The van der Waals surface area contributed by atoms with Crippen LogP contribution in [0.2, 0.25) is 0 Å². The standard InChI is InChI=1S/C20H23N5O2S/c1-13(2)15-5-9-17(10-6-15)25-20(22-23-24-25)28-14(3)19(26)21-16-7-11-18(27-4)12-8-16/h5-14H,1-4H3,(H,21,26). The Morgan fingerprint density at radius 1 is 1.07 bits per heavy atom. The minimum absolute atomic E-state index is 0.125. The molecule has 0 saturated carbocycles. The minimum atomic E-state index is -0.373. The number of nitrogens with zero attached hydrogens (tertiary/aromatic N) is 4. The number of anilines is 1. The summed E-state index contributed by atoms with van der Waals surface area (Å²) in [5.74, 6) is 1.07. The molecular weight excluding hydrogens is 374 g/mol. The van der Waals surface area contributed by atoms with Crippen molar-refractivity contribution in [2.24, 2.45) is 0 Å². The van der Waals surface area contributed by atoms with Crippen LogP contribution in [0.25, 0.3) is 5.69 Å². The normalized spacial score (nSPS) is 12.0. The maximum Gasteiger partial charge on any atom is 0.237 e. The summed E-state index contributed by atoms with van der Waals surface area (Å²) in [7, 11) is 1.60. The van der Waals surface area contributed by atoms with E-state index in [0.717, 1.165) is 11.4 Å². The number of carbonyl (C=O) groups excluding carboxylic acids is 1. The molecule has 3 aromatic rings. The van der Waals surface area contributed by atoms with Crippen LogP contribution >= 0.6 is 11.8 Å². The quantitative estimate of drug-likeness (QED) is 0.609. The third-order valence-corrected chi connectivity index (χ3v) is 5.29. The molecule has 7 nitrogen and oxygen atoms in total. The monoisotopic (exact) mass is 397 g/mol. The van der Waals surface area contributed by atoms with Crippen molar-refractivity contribution in [1.29, 1.82) is 0 Å². The smallest absolute Gasteiger partial charge is 0.237 e. The predicted molar refractivity (Wildman–Crippen MR) is 110 cm³/mol. The first-order chi connectivity index (χ1) is 13.5. The summed E-state index contributed by atoms with van der Waals surface area (Å²) in [6, 6.07) is 15.3. The number of hydrogen-bond acceptors (Lipinski definition) is 6. The fraction of sp³-hybridized carbons (Fsp3) is 0.300. The van der Waals surface area contributed by atoms with Crippen molar-refractivity contribution in [2.45, 2.75) is 37.1 Å². The number of thioether (sulfide) groups is 1. The van der Waals surface area contributed by atoms with E-state index in [1.54, 1.807) is 36.1 Å². The van der Waals surface area contributed by atoms with Crippen molar-refractivity contribution in [1.82, 2.24) is 20.2 Å². The van der Waals surface area contributed by atoms with Gasteiger partial charge in [-0.3, -0.25) is 4.79 Å². The molecule has 0 saturated heterocycles. The highest BCUT2D eigenvalue weighted by molar-refractivity contribution is 8.00. The third-order valence-electron chi connectivity index (χ3n) is 4.25. The SMILES string of the molecule is COc1ccc(NC(=O)C(C)Sc2nnnn2-c2ccc(C(C)C)cc2)cc1. The van der Waals surface area contributed by atoms with Gasteiger partial charge in [-0.25, -0.2) is 0 Å². The van der Waals surface area contributed by atoms with Gasteiger partial charge in [0.2, 0.25) is 11.1 Å². The van der Waals surface area contributed by atoms with Gasteiger partial charge in [0.1, 0.15) is 5.75 Å². The lowest BCUT2D eigenvalue weighted by molar-refractivity contribution is -0.115. The van der Waals surface area contributed by atoms with Crippen LogP contribution in [0.1, 0.15) is 32.3 Å². The Morgan fingerprint density at radius 3 is 2.36 bits per heavy atom. The van der Waals surface area contributed by atoms with E-state index in [-0.39, 0.29) is 11.2 Å². The lowest BCUT2D eigenvalue weighted by Gasteiger charge is -2.12. The zero-order valence-corrected chi connectivity index (χ0v) is 17.1. The Morgan fingerprint density at radius 2 is 1.75 bits per heavy atom. The second-order valence-electron chi connectivity index (χ2n) is 6.60. The van der Waals surface area contributed by atoms with E-state index in [0.29, 0.717) is 16.8 Å². The molecule has 0 bridgehead atoms. The van der Waals surface area contributed by atoms with Gasteiger partial charge in [0, 0.05) is 5.69 Å². The van der Waals surface area contributed by atoms with E-state index in [9.17, 15) is 4.79 Å². The van der Waals surface area contributed by atoms with E-state index < -0.39 is 0 Å². The highest BCUT2D eigenvalue weighted by Gasteiger charge is 2.19. The highest BCUT2D eigenvalue weighted by Crippen LogP contribution is 2.25. The fourth-order valence-corrected chi connectivity index (χ4v) is 3.35. The fourth-order valence-electron chi connectivity index (χ4n) is 2.54. The Hall–Kier alpha value is -2.87. The topological polar surface area (TPSA) is 81.9 Å². The molecule has 146 valence electrons. The molecule has 2 aromatic carbocycles. The first-order valence-electron chi connectivity index (χ1n) is 8.98. The van der Waals surface area contributed by atoms with Crippen LogP contribution in [0.4, 0.5) is 5.69 Å². The Kier molecular flexibility index (Phi) is 6.30. The summed E-state index contributed by atoms with van der Waals surface area (Å²) in [6.45, 7) is 6.12. The molecule has 3 rings (SSSR count). The summed E-state index contributed by atoms with van der Waals surface area (Å²) in [6.07, 6.45) is 0. The lowest BCUT2D eigenvalue weighted by atomic mass is 10.0. The maximum atomic E-state index is 12.5. The average molecular weight is 398 g/mol. The van der Waals surface area contributed by atoms with E-state index in [1.807, 2.05) is 19.1 Å². The van der Waals surface area contributed by atoms with Gasteiger partial charge in [-0.05, 0) is 65.2 Å². The number of nitrogens with one attached hydrogen (secondary N) is 1.